The van der Waals surface area contributed by atoms with Crippen LogP contribution < -0.4 is 10.6 Å². The molecule has 0 saturated carbocycles. The molecule has 0 unspecified atom stereocenters. The topological polar surface area (TPSA) is 80.5 Å². The van der Waals surface area contributed by atoms with Crippen molar-refractivity contribution in [2.24, 2.45) is 5.92 Å². The normalized spacial score (nSPS) is 11.9. The highest BCUT2D eigenvalue weighted by Gasteiger charge is 2.29. The summed E-state index contributed by atoms with van der Waals surface area (Å²) < 4.78 is 24.6. The molecule has 0 saturated heterocycles. The third-order valence-electron chi connectivity index (χ3n) is 3.28. The quantitative estimate of drug-likeness (QED) is 0.777. The maximum atomic E-state index is 12.3. The van der Waals surface area contributed by atoms with Crippen LogP contribution in [0, 0.1) is 5.92 Å². The molecule has 120 valence electrons. The fraction of sp³-hybridized carbons (Fsp3) is 0.643. The third kappa shape index (κ3) is 3.97. The predicted molar refractivity (Wildman–Crippen MR) is 89.2 cm³/mol. The van der Waals surface area contributed by atoms with Crippen LogP contribution in [0.3, 0.4) is 0 Å². The molecule has 1 rings (SSSR count). The molecule has 0 aliphatic heterocycles. The maximum Gasteiger partial charge on any atom is 0.183 e. The number of nitrogen functional groups attached to an aromatic ring is 1. The Labute approximate surface area is 131 Å². The van der Waals surface area contributed by atoms with Crippen LogP contribution in [0.4, 0.5) is 10.7 Å². The highest BCUT2D eigenvalue weighted by atomic mass is 32.2. The molecule has 1 heterocycles. The van der Waals surface area contributed by atoms with Crippen molar-refractivity contribution < 1.29 is 13.2 Å². The summed E-state index contributed by atoms with van der Waals surface area (Å²) in [6.07, 6.45) is 0.940. The molecule has 5 nitrogen and oxygen atoms in total. The summed E-state index contributed by atoms with van der Waals surface area (Å²) in [5.74, 6) is 0.285. The first-order valence-corrected chi connectivity index (χ1v) is 9.45. The van der Waals surface area contributed by atoms with Gasteiger partial charge in [0.25, 0.3) is 0 Å². The van der Waals surface area contributed by atoms with Crippen LogP contribution >= 0.6 is 11.3 Å². The molecule has 0 atom stereocenters. The smallest absolute Gasteiger partial charge is 0.183 e. The number of sulfone groups is 1. The zero-order chi connectivity index (χ0) is 16.4. The molecular weight excluding hydrogens is 308 g/mol. The van der Waals surface area contributed by atoms with E-state index in [0.717, 1.165) is 13.0 Å². The van der Waals surface area contributed by atoms with Gasteiger partial charge in [-0.2, -0.15) is 0 Å². The second-order valence-electron chi connectivity index (χ2n) is 5.54. The SMILES string of the molecule is CCS(=O)(=O)c1c(N(C)CCC(C)C)sc(C(C)=O)c1N. The maximum absolute atomic E-state index is 12.3. The molecule has 0 aliphatic rings. The van der Waals surface area contributed by atoms with Crippen LogP contribution in [0.25, 0.3) is 0 Å². The molecule has 2 N–H and O–H groups in total. The Morgan fingerprint density at radius 1 is 1.38 bits per heavy atom. The van der Waals surface area contributed by atoms with Crippen molar-refractivity contribution in [1.82, 2.24) is 0 Å². The van der Waals surface area contributed by atoms with E-state index in [2.05, 4.69) is 13.8 Å². The third-order valence-corrected chi connectivity index (χ3v) is 6.63. The van der Waals surface area contributed by atoms with Crippen LogP contribution in [0.2, 0.25) is 0 Å². The Morgan fingerprint density at radius 2 is 1.95 bits per heavy atom. The molecule has 0 spiro atoms. The van der Waals surface area contributed by atoms with Gasteiger partial charge < -0.3 is 10.6 Å². The summed E-state index contributed by atoms with van der Waals surface area (Å²) in [6, 6.07) is 0. The van der Waals surface area contributed by atoms with E-state index in [1.807, 2.05) is 11.9 Å². The largest absolute Gasteiger partial charge is 0.396 e. The monoisotopic (exact) mass is 332 g/mol. The Morgan fingerprint density at radius 3 is 2.38 bits per heavy atom. The van der Waals surface area contributed by atoms with E-state index >= 15 is 0 Å². The standard InChI is InChI=1S/C14H24N2O3S2/c1-6-21(18,19)13-11(15)12(10(4)17)20-14(13)16(5)8-7-9(2)3/h9H,6-8,15H2,1-5H3. The molecule has 0 radical (unpaired) electrons. The zero-order valence-corrected chi connectivity index (χ0v) is 14.9. The van der Waals surface area contributed by atoms with Crippen molar-refractivity contribution in [3.05, 3.63) is 4.88 Å². The van der Waals surface area contributed by atoms with Crippen molar-refractivity contribution in [2.75, 3.05) is 30.0 Å². The van der Waals surface area contributed by atoms with E-state index in [0.29, 0.717) is 15.8 Å². The van der Waals surface area contributed by atoms with E-state index in [1.54, 1.807) is 6.92 Å². The Bertz CT molecular complexity index is 618. The predicted octanol–water partition coefficient (Wildman–Crippen LogP) is 2.81. The highest BCUT2D eigenvalue weighted by molar-refractivity contribution is 7.92. The lowest BCUT2D eigenvalue weighted by atomic mass is 10.1. The number of hydrogen-bond acceptors (Lipinski definition) is 6. The lowest BCUT2D eigenvalue weighted by molar-refractivity contribution is 0.102. The van der Waals surface area contributed by atoms with E-state index in [1.165, 1.54) is 18.3 Å². The summed E-state index contributed by atoms with van der Waals surface area (Å²) in [7, 11) is -1.62. The van der Waals surface area contributed by atoms with Gasteiger partial charge in [-0.05, 0) is 12.3 Å². The van der Waals surface area contributed by atoms with Crippen LogP contribution in [0.5, 0.6) is 0 Å². The van der Waals surface area contributed by atoms with Gasteiger partial charge in [0.05, 0.1) is 16.3 Å². The number of anilines is 2. The molecule has 1 aromatic rings. The van der Waals surface area contributed by atoms with E-state index in [4.69, 9.17) is 5.73 Å². The summed E-state index contributed by atoms with van der Waals surface area (Å²) in [5, 5.41) is 0.570. The van der Waals surface area contributed by atoms with Gasteiger partial charge in [-0.25, -0.2) is 8.42 Å². The fourth-order valence-electron chi connectivity index (χ4n) is 1.93. The number of thiophene rings is 1. The van der Waals surface area contributed by atoms with E-state index in [9.17, 15) is 13.2 Å². The molecule has 7 heteroatoms. The second kappa shape index (κ2) is 6.79. The lowest BCUT2D eigenvalue weighted by Crippen LogP contribution is -2.21. The molecule has 21 heavy (non-hydrogen) atoms. The minimum atomic E-state index is -3.46. The second-order valence-corrected chi connectivity index (χ2v) is 8.76. The van der Waals surface area contributed by atoms with Gasteiger partial charge in [0, 0.05) is 20.5 Å². The van der Waals surface area contributed by atoms with Crippen molar-refractivity contribution in [1.29, 1.82) is 0 Å². The van der Waals surface area contributed by atoms with Crippen molar-refractivity contribution in [3.8, 4) is 0 Å². The number of nitrogens with zero attached hydrogens (tertiary/aromatic N) is 1. The Hall–Kier alpha value is -1.08. The number of ketones is 1. The fourth-order valence-corrected chi connectivity index (χ4v) is 4.64. The van der Waals surface area contributed by atoms with Gasteiger partial charge >= 0.3 is 0 Å². The molecular formula is C14H24N2O3S2. The van der Waals surface area contributed by atoms with Gasteiger partial charge in [0.1, 0.15) is 9.90 Å². The van der Waals surface area contributed by atoms with Crippen LogP contribution in [0.15, 0.2) is 4.90 Å². The average molecular weight is 332 g/mol. The Kier molecular flexibility index (Phi) is 5.81. The molecule has 0 aliphatic carbocycles. The summed E-state index contributed by atoms with van der Waals surface area (Å²) in [4.78, 5) is 14.0. The molecule has 0 aromatic carbocycles. The van der Waals surface area contributed by atoms with Gasteiger partial charge in [0.15, 0.2) is 15.6 Å². The highest BCUT2D eigenvalue weighted by Crippen LogP contribution is 2.41. The van der Waals surface area contributed by atoms with Crippen molar-refractivity contribution in [2.45, 2.75) is 39.0 Å². The van der Waals surface area contributed by atoms with Crippen molar-refractivity contribution in [3.63, 3.8) is 0 Å². The average Bonchev–Trinajstić information content (AvgIpc) is 2.74. The van der Waals surface area contributed by atoms with E-state index < -0.39 is 9.84 Å². The minimum absolute atomic E-state index is 0.0314. The van der Waals surface area contributed by atoms with Crippen LogP contribution in [0.1, 0.15) is 43.8 Å². The number of carbonyl (C=O) groups is 1. The van der Waals surface area contributed by atoms with Crippen LogP contribution in [-0.4, -0.2) is 33.5 Å². The Balaban J connectivity index is 3.36. The molecule has 1 aromatic heterocycles. The zero-order valence-electron chi connectivity index (χ0n) is 13.3. The van der Waals surface area contributed by atoms with E-state index in [-0.39, 0.29) is 22.1 Å². The summed E-state index contributed by atoms with van der Waals surface area (Å²) in [5.41, 5.74) is 6.04. The molecule has 0 amide bonds. The first-order valence-electron chi connectivity index (χ1n) is 6.98. The van der Waals surface area contributed by atoms with Gasteiger partial charge in [-0.1, -0.05) is 20.8 Å². The minimum Gasteiger partial charge on any atom is -0.396 e. The van der Waals surface area contributed by atoms with Gasteiger partial charge in [0.2, 0.25) is 0 Å². The summed E-state index contributed by atoms with van der Waals surface area (Å²) >= 11 is 1.17. The van der Waals surface area contributed by atoms with Crippen LogP contribution in [-0.2, 0) is 9.84 Å². The number of carbonyl (C=O) groups excluding carboxylic acids is 1. The number of nitrogens with two attached hydrogens (primary N) is 1. The summed E-state index contributed by atoms with van der Waals surface area (Å²) in [6.45, 7) is 7.93. The van der Waals surface area contributed by atoms with Gasteiger partial charge in [-0.3, -0.25) is 4.79 Å². The first-order chi connectivity index (χ1) is 9.61. The first kappa shape index (κ1) is 18.0. The lowest BCUT2D eigenvalue weighted by Gasteiger charge is -2.20. The number of rotatable bonds is 7. The molecule has 0 fully saturated rings. The van der Waals surface area contributed by atoms with Gasteiger partial charge in [-0.15, -0.1) is 11.3 Å². The number of Topliss-reactive ketones (excluding diaryl/α,β-unsaturated/α-hetero) is 1. The van der Waals surface area contributed by atoms with Crippen molar-refractivity contribution >= 4 is 37.6 Å². The molecule has 0 bridgehead atoms. The number of hydrogen-bond donors (Lipinski definition) is 1.